The molecule has 5 rings (SSSR count). The van der Waals surface area contributed by atoms with Gasteiger partial charge in [-0.15, -0.1) is 0 Å². The Kier molecular flexibility index (Phi) is 6.53. The number of amides is 1. The number of rotatable bonds is 5. The zero-order valence-corrected chi connectivity index (χ0v) is 19.3. The molecule has 8 nitrogen and oxygen atoms in total. The molecule has 0 unspecified atom stereocenters. The highest BCUT2D eigenvalue weighted by Crippen LogP contribution is 2.31. The first-order valence-electron chi connectivity index (χ1n) is 12.2. The van der Waals surface area contributed by atoms with Crippen LogP contribution >= 0.6 is 0 Å². The number of hydrogen-bond donors (Lipinski definition) is 0. The van der Waals surface area contributed by atoms with E-state index < -0.39 is 0 Å². The number of benzene rings is 1. The number of para-hydroxylation sites is 1. The molecule has 0 aliphatic carbocycles. The second-order valence-electron chi connectivity index (χ2n) is 8.89. The lowest BCUT2D eigenvalue weighted by Crippen LogP contribution is -2.35. The van der Waals surface area contributed by atoms with E-state index in [0.29, 0.717) is 6.42 Å². The second-order valence-corrected chi connectivity index (χ2v) is 8.89. The molecule has 0 N–H and O–H groups in total. The van der Waals surface area contributed by atoms with Crippen LogP contribution in [-0.2, 0) is 9.53 Å². The number of nitrogens with zero attached hydrogens (tertiary/aromatic N) is 6. The van der Waals surface area contributed by atoms with Gasteiger partial charge >= 0.3 is 0 Å². The van der Waals surface area contributed by atoms with E-state index >= 15 is 0 Å². The second kappa shape index (κ2) is 9.87. The summed E-state index contributed by atoms with van der Waals surface area (Å²) >= 11 is 0. The minimum absolute atomic E-state index is 0.256. The van der Waals surface area contributed by atoms with Crippen LogP contribution in [0.1, 0.15) is 50.8 Å². The van der Waals surface area contributed by atoms with Gasteiger partial charge < -0.3 is 14.5 Å². The van der Waals surface area contributed by atoms with Gasteiger partial charge in [0.05, 0.1) is 17.3 Å². The number of anilines is 1. The number of hydrogen-bond acceptors (Lipinski definition) is 6. The Bertz CT molecular complexity index is 1090. The average molecular weight is 449 g/mol. The molecule has 0 atom stereocenters. The highest BCUT2D eigenvalue weighted by Gasteiger charge is 2.26. The monoisotopic (exact) mass is 448 g/mol. The van der Waals surface area contributed by atoms with Crippen molar-refractivity contribution >= 4 is 22.8 Å². The van der Waals surface area contributed by atoms with Crippen LogP contribution in [0.25, 0.3) is 16.7 Å². The normalized spacial score (nSPS) is 18.0. The number of carbonyl (C=O) groups is 1. The summed E-state index contributed by atoms with van der Waals surface area (Å²) in [5.74, 6) is 2.36. The summed E-state index contributed by atoms with van der Waals surface area (Å²) in [6, 6.07) is 10.1. The van der Waals surface area contributed by atoms with Gasteiger partial charge in [0.2, 0.25) is 5.91 Å². The fraction of sp³-hybridized carbons (Fsp3) is 0.520. The Morgan fingerprint density at radius 3 is 2.67 bits per heavy atom. The molecule has 4 heterocycles. The van der Waals surface area contributed by atoms with Crippen LogP contribution in [0.5, 0.6) is 0 Å². The van der Waals surface area contributed by atoms with E-state index in [0.717, 1.165) is 93.4 Å². The molecule has 0 spiro atoms. The molecule has 2 aliphatic heterocycles. The summed E-state index contributed by atoms with van der Waals surface area (Å²) in [6.07, 6.45) is 6.19. The molecule has 8 heteroatoms. The first-order chi connectivity index (χ1) is 16.2. The Morgan fingerprint density at radius 1 is 1.06 bits per heavy atom. The summed E-state index contributed by atoms with van der Waals surface area (Å²) in [5.41, 5.74) is 1.83. The molecule has 1 amide bonds. The molecular formula is C25H32N6O2. The molecule has 2 saturated heterocycles. The Labute approximate surface area is 194 Å². The maximum atomic E-state index is 12.5. The lowest BCUT2D eigenvalue weighted by Gasteiger charge is -2.26. The Hall–Kier alpha value is -3.00. The van der Waals surface area contributed by atoms with Crippen molar-refractivity contribution in [3.8, 4) is 5.69 Å². The maximum Gasteiger partial charge on any atom is 0.222 e. The number of fused-ring (bicyclic) bond motifs is 1. The van der Waals surface area contributed by atoms with Crippen LogP contribution in [-0.4, -0.2) is 69.9 Å². The highest BCUT2D eigenvalue weighted by atomic mass is 16.5. The maximum absolute atomic E-state index is 12.5. The molecule has 2 aromatic heterocycles. The van der Waals surface area contributed by atoms with Crippen molar-refractivity contribution in [2.75, 3.05) is 44.3 Å². The van der Waals surface area contributed by atoms with Crippen molar-refractivity contribution in [2.24, 2.45) is 0 Å². The molecule has 1 aromatic carbocycles. The van der Waals surface area contributed by atoms with E-state index in [2.05, 4.69) is 11.8 Å². The van der Waals surface area contributed by atoms with Crippen LogP contribution in [0.15, 0.2) is 36.5 Å². The van der Waals surface area contributed by atoms with Crippen LogP contribution in [0.2, 0.25) is 0 Å². The average Bonchev–Trinajstić information content (AvgIpc) is 3.13. The third kappa shape index (κ3) is 4.57. The fourth-order valence-electron chi connectivity index (χ4n) is 4.80. The standard InChI is InChI=1S/C25H32N6O2/c1-2-7-22(32)29-12-6-13-30(15-14-29)24-21-18-26-31(20-8-4-3-5-9-20)25(21)28-23(27-24)19-10-16-33-17-11-19/h3-5,8-9,18-19H,2,6-7,10-17H2,1H3. The third-order valence-corrected chi connectivity index (χ3v) is 6.62. The van der Waals surface area contributed by atoms with Crippen LogP contribution in [0.4, 0.5) is 5.82 Å². The van der Waals surface area contributed by atoms with E-state index in [1.807, 2.05) is 46.1 Å². The van der Waals surface area contributed by atoms with E-state index in [4.69, 9.17) is 19.8 Å². The van der Waals surface area contributed by atoms with Crippen molar-refractivity contribution in [3.63, 3.8) is 0 Å². The predicted octanol–water partition coefficient (Wildman–Crippen LogP) is 3.55. The fourth-order valence-corrected chi connectivity index (χ4v) is 4.80. The molecule has 2 aliphatic rings. The van der Waals surface area contributed by atoms with Gasteiger partial charge in [0.1, 0.15) is 11.6 Å². The van der Waals surface area contributed by atoms with Gasteiger partial charge in [0.15, 0.2) is 5.65 Å². The van der Waals surface area contributed by atoms with Gasteiger partial charge in [0, 0.05) is 51.7 Å². The topological polar surface area (TPSA) is 76.4 Å². The van der Waals surface area contributed by atoms with Gasteiger partial charge in [-0.1, -0.05) is 25.1 Å². The lowest BCUT2D eigenvalue weighted by molar-refractivity contribution is -0.131. The first-order valence-corrected chi connectivity index (χ1v) is 12.2. The number of aromatic nitrogens is 4. The quantitative estimate of drug-likeness (QED) is 0.594. The summed E-state index contributed by atoms with van der Waals surface area (Å²) in [6.45, 7) is 6.72. The number of carbonyl (C=O) groups excluding carboxylic acids is 1. The predicted molar refractivity (Wildman–Crippen MR) is 128 cm³/mol. The van der Waals surface area contributed by atoms with Gasteiger partial charge in [0.25, 0.3) is 0 Å². The third-order valence-electron chi connectivity index (χ3n) is 6.62. The minimum atomic E-state index is 0.256. The lowest BCUT2D eigenvalue weighted by atomic mass is 9.99. The van der Waals surface area contributed by atoms with Crippen molar-refractivity contribution in [3.05, 3.63) is 42.4 Å². The van der Waals surface area contributed by atoms with Crippen LogP contribution < -0.4 is 4.90 Å². The molecule has 0 bridgehead atoms. The van der Waals surface area contributed by atoms with E-state index in [1.165, 1.54) is 0 Å². The molecular weight excluding hydrogens is 416 g/mol. The Morgan fingerprint density at radius 2 is 1.88 bits per heavy atom. The smallest absolute Gasteiger partial charge is 0.222 e. The van der Waals surface area contributed by atoms with Crippen molar-refractivity contribution in [2.45, 2.75) is 44.9 Å². The molecule has 33 heavy (non-hydrogen) atoms. The summed E-state index contributed by atoms with van der Waals surface area (Å²) in [7, 11) is 0. The Balaban J connectivity index is 1.53. The van der Waals surface area contributed by atoms with Crippen LogP contribution in [0.3, 0.4) is 0 Å². The van der Waals surface area contributed by atoms with Crippen molar-refractivity contribution in [1.82, 2.24) is 24.6 Å². The van der Waals surface area contributed by atoms with Crippen LogP contribution in [0, 0.1) is 0 Å². The summed E-state index contributed by atoms with van der Waals surface area (Å²) in [5, 5.41) is 5.66. The zero-order valence-electron chi connectivity index (χ0n) is 19.3. The zero-order chi connectivity index (χ0) is 22.6. The first kappa shape index (κ1) is 21.8. The largest absolute Gasteiger partial charge is 0.381 e. The molecule has 2 fully saturated rings. The van der Waals surface area contributed by atoms with Gasteiger partial charge in [-0.05, 0) is 37.8 Å². The summed E-state index contributed by atoms with van der Waals surface area (Å²) < 4.78 is 7.50. The number of ether oxygens (including phenoxy) is 1. The SMILES string of the molecule is CCCC(=O)N1CCCN(c2nc(C3CCOCC3)nc3c2cnn3-c2ccccc2)CC1. The van der Waals surface area contributed by atoms with Gasteiger partial charge in [-0.25, -0.2) is 14.6 Å². The molecule has 3 aromatic rings. The van der Waals surface area contributed by atoms with E-state index in [-0.39, 0.29) is 11.8 Å². The van der Waals surface area contributed by atoms with Gasteiger partial charge in [-0.2, -0.15) is 5.10 Å². The molecule has 0 radical (unpaired) electrons. The van der Waals surface area contributed by atoms with Crippen molar-refractivity contribution in [1.29, 1.82) is 0 Å². The highest BCUT2D eigenvalue weighted by molar-refractivity contribution is 5.88. The van der Waals surface area contributed by atoms with E-state index in [9.17, 15) is 4.79 Å². The molecule has 174 valence electrons. The van der Waals surface area contributed by atoms with Crippen molar-refractivity contribution < 1.29 is 9.53 Å². The summed E-state index contributed by atoms with van der Waals surface area (Å²) in [4.78, 5) is 26.9. The van der Waals surface area contributed by atoms with Gasteiger partial charge in [-0.3, -0.25) is 4.79 Å². The molecule has 0 saturated carbocycles. The van der Waals surface area contributed by atoms with E-state index in [1.54, 1.807) is 0 Å². The minimum Gasteiger partial charge on any atom is -0.381 e.